The van der Waals surface area contributed by atoms with Crippen molar-refractivity contribution in [3.05, 3.63) is 33.4 Å². The highest BCUT2D eigenvalue weighted by Crippen LogP contribution is 2.22. The smallest absolute Gasteiger partial charge is 0.0585 e. The first-order valence-corrected chi connectivity index (χ1v) is 6.37. The van der Waals surface area contributed by atoms with Gasteiger partial charge in [0, 0.05) is 3.57 Å². The highest BCUT2D eigenvalue weighted by atomic mass is 127. The van der Waals surface area contributed by atoms with Crippen molar-refractivity contribution in [2.75, 3.05) is 0 Å². The highest BCUT2D eigenvalue weighted by Gasteiger charge is 2.16. The molecule has 0 saturated heterocycles. The fraction of sp³-hybridized carbons (Fsp3) is 0.538. The molecule has 0 fully saturated rings. The number of rotatable bonds is 3. The summed E-state index contributed by atoms with van der Waals surface area (Å²) in [5.74, 6) is 0. The molecule has 0 radical (unpaired) electrons. The van der Waals surface area contributed by atoms with Gasteiger partial charge >= 0.3 is 0 Å². The lowest BCUT2D eigenvalue weighted by Gasteiger charge is -2.22. The summed E-state index contributed by atoms with van der Waals surface area (Å²) >= 11 is 2.29. The third kappa shape index (κ3) is 5.52. The molecule has 0 aliphatic rings. The largest absolute Gasteiger partial charge is 0.393 e. The van der Waals surface area contributed by atoms with Crippen molar-refractivity contribution >= 4 is 22.6 Å². The molecule has 1 unspecified atom stereocenters. The Balaban J connectivity index is 2.51. The molecule has 84 valence electrons. The van der Waals surface area contributed by atoms with E-state index in [0.717, 1.165) is 12.8 Å². The van der Waals surface area contributed by atoms with Crippen LogP contribution < -0.4 is 0 Å². The van der Waals surface area contributed by atoms with E-state index in [9.17, 15) is 5.11 Å². The van der Waals surface area contributed by atoms with Gasteiger partial charge in [-0.15, -0.1) is 0 Å². The molecule has 0 aromatic heterocycles. The maximum absolute atomic E-state index is 9.91. The summed E-state index contributed by atoms with van der Waals surface area (Å²) < 4.78 is 1.24. The summed E-state index contributed by atoms with van der Waals surface area (Å²) in [5.41, 5.74) is 1.41. The van der Waals surface area contributed by atoms with Crippen LogP contribution in [0.3, 0.4) is 0 Å². The third-order valence-electron chi connectivity index (χ3n) is 2.23. The SMILES string of the molecule is CC(C)(C)CC(O)Cc1ccc(I)cc1. The Labute approximate surface area is 106 Å². The second-order valence-electron chi connectivity index (χ2n) is 5.25. The Morgan fingerprint density at radius 1 is 1.20 bits per heavy atom. The zero-order chi connectivity index (χ0) is 11.5. The summed E-state index contributed by atoms with van der Waals surface area (Å²) in [6.45, 7) is 6.47. The van der Waals surface area contributed by atoms with Crippen LogP contribution in [0.1, 0.15) is 32.8 Å². The monoisotopic (exact) mass is 318 g/mol. The second kappa shape index (κ2) is 5.30. The molecule has 1 N–H and O–H groups in total. The molecule has 0 heterocycles. The standard InChI is InChI=1S/C13H19IO/c1-13(2,3)9-12(15)8-10-4-6-11(14)7-5-10/h4-7,12,15H,8-9H2,1-3H3. The Bertz CT molecular complexity index is 297. The van der Waals surface area contributed by atoms with Crippen molar-refractivity contribution in [2.24, 2.45) is 5.41 Å². The van der Waals surface area contributed by atoms with Crippen molar-refractivity contribution in [1.29, 1.82) is 0 Å². The number of hydrogen-bond donors (Lipinski definition) is 1. The molecular weight excluding hydrogens is 299 g/mol. The molecule has 0 aliphatic carbocycles. The zero-order valence-corrected chi connectivity index (χ0v) is 11.8. The molecule has 1 aromatic carbocycles. The summed E-state index contributed by atoms with van der Waals surface area (Å²) in [6.07, 6.45) is 1.37. The number of halogens is 1. The van der Waals surface area contributed by atoms with Gasteiger partial charge in [-0.3, -0.25) is 0 Å². The highest BCUT2D eigenvalue weighted by molar-refractivity contribution is 14.1. The van der Waals surface area contributed by atoms with Gasteiger partial charge in [0.05, 0.1) is 6.10 Å². The average Bonchev–Trinajstić information content (AvgIpc) is 2.05. The van der Waals surface area contributed by atoms with Gasteiger partial charge in [0.2, 0.25) is 0 Å². The van der Waals surface area contributed by atoms with Crippen molar-refractivity contribution in [2.45, 2.75) is 39.7 Å². The summed E-state index contributed by atoms with van der Waals surface area (Å²) in [7, 11) is 0. The molecule has 1 nitrogen and oxygen atoms in total. The number of hydrogen-bond acceptors (Lipinski definition) is 1. The Morgan fingerprint density at radius 3 is 2.20 bits per heavy atom. The topological polar surface area (TPSA) is 20.2 Å². The molecular formula is C13H19IO. The van der Waals surface area contributed by atoms with E-state index < -0.39 is 0 Å². The molecule has 2 heteroatoms. The van der Waals surface area contributed by atoms with E-state index in [1.165, 1.54) is 9.13 Å². The van der Waals surface area contributed by atoms with Crippen LogP contribution in [-0.2, 0) is 6.42 Å². The lowest BCUT2D eigenvalue weighted by Crippen LogP contribution is -2.19. The van der Waals surface area contributed by atoms with Crippen molar-refractivity contribution in [1.82, 2.24) is 0 Å². The van der Waals surface area contributed by atoms with Gasteiger partial charge in [-0.05, 0) is 58.5 Å². The van der Waals surface area contributed by atoms with Gasteiger partial charge in [0.1, 0.15) is 0 Å². The van der Waals surface area contributed by atoms with Crippen LogP contribution >= 0.6 is 22.6 Å². The Morgan fingerprint density at radius 2 is 1.73 bits per heavy atom. The minimum atomic E-state index is -0.231. The molecule has 1 atom stereocenters. The minimum absolute atomic E-state index is 0.197. The van der Waals surface area contributed by atoms with E-state index in [2.05, 4.69) is 67.6 Å². The molecule has 0 saturated carbocycles. The fourth-order valence-corrected chi connectivity index (χ4v) is 2.03. The average molecular weight is 318 g/mol. The molecule has 1 aromatic rings. The van der Waals surface area contributed by atoms with Gasteiger partial charge in [-0.25, -0.2) is 0 Å². The normalized spacial score (nSPS) is 13.9. The van der Waals surface area contributed by atoms with Gasteiger partial charge in [-0.1, -0.05) is 32.9 Å². The quantitative estimate of drug-likeness (QED) is 0.844. The molecule has 0 aliphatic heterocycles. The first kappa shape index (κ1) is 13.0. The summed E-state index contributed by atoms with van der Waals surface area (Å²) in [6, 6.07) is 8.35. The van der Waals surface area contributed by atoms with Crippen molar-refractivity contribution in [3.63, 3.8) is 0 Å². The summed E-state index contributed by atoms with van der Waals surface area (Å²) in [5, 5.41) is 9.91. The lowest BCUT2D eigenvalue weighted by atomic mass is 9.87. The van der Waals surface area contributed by atoms with Gasteiger partial charge in [0.15, 0.2) is 0 Å². The maximum atomic E-state index is 9.91. The van der Waals surface area contributed by atoms with Gasteiger partial charge in [-0.2, -0.15) is 0 Å². The molecule has 15 heavy (non-hydrogen) atoms. The van der Waals surface area contributed by atoms with Crippen molar-refractivity contribution in [3.8, 4) is 0 Å². The van der Waals surface area contributed by atoms with Gasteiger partial charge in [0.25, 0.3) is 0 Å². The van der Waals surface area contributed by atoms with Crippen LogP contribution in [0.15, 0.2) is 24.3 Å². The lowest BCUT2D eigenvalue weighted by molar-refractivity contribution is 0.121. The van der Waals surface area contributed by atoms with Crippen LogP contribution in [-0.4, -0.2) is 11.2 Å². The Kier molecular flexibility index (Phi) is 4.59. The van der Waals surface area contributed by atoms with E-state index in [1.54, 1.807) is 0 Å². The minimum Gasteiger partial charge on any atom is -0.393 e. The van der Waals surface area contributed by atoms with Crippen LogP contribution in [0, 0.1) is 8.99 Å². The first-order chi connectivity index (χ1) is 6.87. The number of aliphatic hydroxyl groups excluding tert-OH is 1. The predicted octanol–water partition coefficient (Wildman–Crippen LogP) is 3.63. The zero-order valence-electron chi connectivity index (χ0n) is 9.63. The van der Waals surface area contributed by atoms with E-state index >= 15 is 0 Å². The number of aliphatic hydroxyl groups is 1. The fourth-order valence-electron chi connectivity index (χ4n) is 1.67. The van der Waals surface area contributed by atoms with E-state index in [-0.39, 0.29) is 11.5 Å². The van der Waals surface area contributed by atoms with E-state index in [0.29, 0.717) is 0 Å². The summed E-state index contributed by atoms with van der Waals surface area (Å²) in [4.78, 5) is 0. The Hall–Kier alpha value is -0.0900. The van der Waals surface area contributed by atoms with Crippen LogP contribution in [0.5, 0.6) is 0 Å². The maximum Gasteiger partial charge on any atom is 0.0585 e. The van der Waals surface area contributed by atoms with Crippen LogP contribution in [0.25, 0.3) is 0 Å². The molecule has 0 bridgehead atoms. The molecule has 0 amide bonds. The van der Waals surface area contributed by atoms with E-state index in [4.69, 9.17) is 0 Å². The predicted molar refractivity (Wildman–Crippen MR) is 72.9 cm³/mol. The van der Waals surface area contributed by atoms with Gasteiger partial charge < -0.3 is 5.11 Å². The van der Waals surface area contributed by atoms with Crippen LogP contribution in [0.4, 0.5) is 0 Å². The van der Waals surface area contributed by atoms with Crippen molar-refractivity contribution < 1.29 is 5.11 Å². The second-order valence-corrected chi connectivity index (χ2v) is 6.49. The molecule has 0 spiro atoms. The first-order valence-electron chi connectivity index (χ1n) is 5.29. The van der Waals surface area contributed by atoms with Crippen LogP contribution in [0.2, 0.25) is 0 Å². The number of benzene rings is 1. The molecule has 1 rings (SSSR count). The third-order valence-corrected chi connectivity index (χ3v) is 2.95. The van der Waals surface area contributed by atoms with E-state index in [1.807, 2.05) is 0 Å².